The van der Waals surface area contributed by atoms with Crippen molar-refractivity contribution in [2.75, 3.05) is 11.0 Å². The molecule has 0 aromatic heterocycles. The lowest BCUT2D eigenvalue weighted by molar-refractivity contribution is -0.384. The molecular formula is C7H7ClN2O6S2. The summed E-state index contributed by atoms with van der Waals surface area (Å²) in [4.78, 5) is 9.31. The first-order chi connectivity index (χ1) is 8.00. The number of hydrogen-bond donors (Lipinski definition) is 1. The minimum Gasteiger partial charge on any atom is -0.277 e. The minimum absolute atomic E-state index is 0.341. The lowest BCUT2D eigenvalue weighted by Crippen LogP contribution is -2.11. The van der Waals surface area contributed by atoms with Crippen LogP contribution in [0.5, 0.6) is 0 Å². The molecule has 0 aliphatic carbocycles. The van der Waals surface area contributed by atoms with Gasteiger partial charge < -0.3 is 0 Å². The third kappa shape index (κ3) is 3.82. The van der Waals surface area contributed by atoms with E-state index in [-0.39, 0.29) is 5.69 Å². The Labute approximate surface area is 107 Å². The van der Waals surface area contributed by atoms with Gasteiger partial charge in [-0.25, -0.2) is 16.8 Å². The highest BCUT2D eigenvalue weighted by Gasteiger charge is 2.21. The van der Waals surface area contributed by atoms with Crippen LogP contribution < -0.4 is 4.72 Å². The van der Waals surface area contributed by atoms with Crippen LogP contribution in [0.4, 0.5) is 11.4 Å². The summed E-state index contributed by atoms with van der Waals surface area (Å²) in [6, 6.07) is 2.59. The van der Waals surface area contributed by atoms with Crippen molar-refractivity contribution in [3.05, 3.63) is 28.3 Å². The molecule has 18 heavy (non-hydrogen) atoms. The Morgan fingerprint density at radius 2 is 1.83 bits per heavy atom. The van der Waals surface area contributed by atoms with Gasteiger partial charge in [0, 0.05) is 16.7 Å². The van der Waals surface area contributed by atoms with Gasteiger partial charge in [0.2, 0.25) is 10.0 Å². The van der Waals surface area contributed by atoms with Crippen molar-refractivity contribution in [3.8, 4) is 0 Å². The summed E-state index contributed by atoms with van der Waals surface area (Å²) in [7, 11) is -2.82. The molecule has 11 heteroatoms. The highest BCUT2D eigenvalue weighted by molar-refractivity contribution is 8.13. The molecule has 100 valence electrons. The van der Waals surface area contributed by atoms with E-state index < -0.39 is 34.6 Å². The molecule has 1 aromatic rings. The molecule has 0 aliphatic heterocycles. The molecule has 0 saturated carbocycles. The molecule has 1 aromatic carbocycles. The van der Waals surface area contributed by atoms with E-state index in [0.717, 1.165) is 18.4 Å². The standard InChI is InChI=1S/C7H7ClN2O6S2/c1-17(13,14)9-6-3-2-5(18(8,15)16)4-7(6)10(11)12/h2-4,9H,1H3. The zero-order valence-electron chi connectivity index (χ0n) is 8.82. The van der Waals surface area contributed by atoms with Crippen LogP contribution in [0.25, 0.3) is 0 Å². The molecular weight excluding hydrogens is 308 g/mol. The minimum atomic E-state index is -4.13. The number of nitrogens with zero attached hydrogens (tertiary/aromatic N) is 1. The van der Waals surface area contributed by atoms with Gasteiger partial charge in [-0.3, -0.25) is 14.8 Å². The number of sulfonamides is 1. The SMILES string of the molecule is CS(=O)(=O)Nc1ccc(S(=O)(=O)Cl)cc1[N+](=O)[O-]. The average Bonchev–Trinajstić information content (AvgIpc) is 2.13. The van der Waals surface area contributed by atoms with E-state index in [1.54, 1.807) is 0 Å². The Kier molecular flexibility index (Phi) is 3.84. The van der Waals surface area contributed by atoms with Gasteiger partial charge in [0.1, 0.15) is 5.69 Å². The number of nitro benzene ring substituents is 1. The van der Waals surface area contributed by atoms with Crippen LogP contribution in [0.2, 0.25) is 0 Å². The Hall–Kier alpha value is -1.39. The molecule has 0 radical (unpaired) electrons. The number of hydrogen-bond acceptors (Lipinski definition) is 6. The van der Waals surface area contributed by atoms with Gasteiger partial charge in [0.15, 0.2) is 0 Å². The summed E-state index contributed by atoms with van der Waals surface area (Å²) in [5.74, 6) is 0. The summed E-state index contributed by atoms with van der Waals surface area (Å²) >= 11 is 0. The van der Waals surface area contributed by atoms with Gasteiger partial charge in [-0.05, 0) is 12.1 Å². The van der Waals surface area contributed by atoms with Gasteiger partial charge >= 0.3 is 0 Å². The van der Waals surface area contributed by atoms with Crippen LogP contribution >= 0.6 is 10.7 Å². The first-order valence-corrected chi connectivity index (χ1v) is 8.42. The van der Waals surface area contributed by atoms with Crippen molar-refractivity contribution >= 4 is 41.1 Å². The topological polar surface area (TPSA) is 123 Å². The normalized spacial score (nSPS) is 12.1. The zero-order chi connectivity index (χ0) is 14.1. The lowest BCUT2D eigenvalue weighted by atomic mass is 10.3. The van der Waals surface area contributed by atoms with Crippen LogP contribution in [-0.4, -0.2) is 28.0 Å². The fourth-order valence-electron chi connectivity index (χ4n) is 1.10. The van der Waals surface area contributed by atoms with Crippen molar-refractivity contribution in [2.24, 2.45) is 0 Å². The van der Waals surface area contributed by atoms with E-state index >= 15 is 0 Å². The number of nitro groups is 1. The van der Waals surface area contributed by atoms with Crippen molar-refractivity contribution in [1.29, 1.82) is 0 Å². The Balaban J connectivity index is 3.44. The zero-order valence-corrected chi connectivity index (χ0v) is 11.2. The molecule has 0 amide bonds. The average molecular weight is 315 g/mol. The predicted molar refractivity (Wildman–Crippen MR) is 64.6 cm³/mol. The first-order valence-electron chi connectivity index (χ1n) is 4.21. The van der Waals surface area contributed by atoms with Crippen LogP contribution in [0, 0.1) is 10.1 Å². The summed E-state index contributed by atoms with van der Waals surface area (Å²) < 4.78 is 45.9. The molecule has 0 spiro atoms. The monoisotopic (exact) mass is 314 g/mol. The maximum absolute atomic E-state index is 11.0. The fraction of sp³-hybridized carbons (Fsp3) is 0.143. The van der Waals surface area contributed by atoms with E-state index in [2.05, 4.69) is 0 Å². The molecule has 0 saturated heterocycles. The Morgan fingerprint density at radius 1 is 1.28 bits per heavy atom. The molecule has 0 unspecified atom stereocenters. The predicted octanol–water partition coefficient (Wildman–Crippen LogP) is 0.894. The molecule has 1 rings (SSSR count). The molecule has 0 bridgehead atoms. The fourth-order valence-corrected chi connectivity index (χ4v) is 2.44. The Bertz CT molecular complexity index is 697. The first kappa shape index (κ1) is 14.7. The molecule has 0 heterocycles. The second kappa shape index (κ2) is 4.71. The smallest absolute Gasteiger partial charge is 0.277 e. The maximum atomic E-state index is 11.0. The Morgan fingerprint density at radius 3 is 2.22 bits per heavy atom. The van der Waals surface area contributed by atoms with Crippen LogP contribution in [0.1, 0.15) is 0 Å². The summed E-state index contributed by atoms with van der Waals surface area (Å²) in [5.41, 5.74) is -1.05. The molecule has 1 N–H and O–H groups in total. The number of rotatable bonds is 4. The largest absolute Gasteiger partial charge is 0.294 e. The number of nitrogens with one attached hydrogen (secondary N) is 1. The molecule has 0 atom stereocenters. The third-order valence-corrected chi connectivity index (χ3v) is 3.69. The molecule has 0 aliphatic rings. The van der Waals surface area contributed by atoms with E-state index in [1.807, 2.05) is 4.72 Å². The summed E-state index contributed by atoms with van der Waals surface area (Å²) in [6.07, 6.45) is 0.808. The second-order valence-corrected chi connectivity index (χ2v) is 7.56. The van der Waals surface area contributed by atoms with Gasteiger partial charge in [-0.1, -0.05) is 0 Å². The van der Waals surface area contributed by atoms with Gasteiger partial charge in [0.25, 0.3) is 14.7 Å². The maximum Gasteiger partial charge on any atom is 0.294 e. The van der Waals surface area contributed by atoms with Gasteiger partial charge in [-0.15, -0.1) is 0 Å². The quantitative estimate of drug-likeness (QED) is 0.500. The van der Waals surface area contributed by atoms with Crippen LogP contribution in [0.3, 0.4) is 0 Å². The molecule has 8 nitrogen and oxygen atoms in total. The van der Waals surface area contributed by atoms with E-state index in [9.17, 15) is 26.9 Å². The number of halogens is 1. The highest BCUT2D eigenvalue weighted by atomic mass is 35.7. The van der Waals surface area contributed by atoms with Crippen molar-refractivity contribution in [3.63, 3.8) is 0 Å². The number of benzene rings is 1. The van der Waals surface area contributed by atoms with Crippen LogP contribution in [0.15, 0.2) is 23.1 Å². The van der Waals surface area contributed by atoms with Crippen LogP contribution in [-0.2, 0) is 19.1 Å². The summed E-state index contributed by atoms with van der Waals surface area (Å²) in [6.45, 7) is 0. The van der Waals surface area contributed by atoms with Crippen molar-refractivity contribution < 1.29 is 21.8 Å². The van der Waals surface area contributed by atoms with E-state index in [4.69, 9.17) is 10.7 Å². The lowest BCUT2D eigenvalue weighted by Gasteiger charge is -2.05. The molecule has 0 fully saturated rings. The third-order valence-electron chi connectivity index (χ3n) is 1.74. The van der Waals surface area contributed by atoms with E-state index in [0.29, 0.717) is 6.07 Å². The van der Waals surface area contributed by atoms with Crippen molar-refractivity contribution in [1.82, 2.24) is 0 Å². The highest BCUT2D eigenvalue weighted by Crippen LogP contribution is 2.29. The van der Waals surface area contributed by atoms with Crippen molar-refractivity contribution in [2.45, 2.75) is 4.90 Å². The second-order valence-electron chi connectivity index (χ2n) is 3.25. The van der Waals surface area contributed by atoms with Gasteiger partial charge in [-0.2, -0.15) is 0 Å². The number of anilines is 1. The summed E-state index contributed by atoms with van der Waals surface area (Å²) in [5, 5.41) is 10.7. The van der Waals surface area contributed by atoms with E-state index in [1.165, 1.54) is 0 Å². The van der Waals surface area contributed by atoms with Gasteiger partial charge in [0.05, 0.1) is 16.1 Å².